The second kappa shape index (κ2) is 8.77. The molecule has 0 saturated carbocycles. The van der Waals surface area contributed by atoms with Crippen molar-refractivity contribution in [1.82, 2.24) is 10.6 Å². The minimum Gasteiger partial charge on any atom is -0.339 e. The van der Waals surface area contributed by atoms with Gasteiger partial charge in [0.15, 0.2) is 5.11 Å². The van der Waals surface area contributed by atoms with Crippen molar-refractivity contribution in [1.29, 1.82) is 0 Å². The third-order valence-electron chi connectivity index (χ3n) is 2.69. The molecule has 1 atom stereocenters. The smallest absolute Gasteiger partial charge is 0.228 e. The van der Waals surface area contributed by atoms with Crippen molar-refractivity contribution in [3.8, 4) is 0 Å². The lowest BCUT2D eigenvalue weighted by molar-refractivity contribution is -0.121. The van der Waals surface area contributed by atoms with Crippen LogP contribution < -0.4 is 16.0 Å². The second-order valence-electron chi connectivity index (χ2n) is 4.76. The van der Waals surface area contributed by atoms with Crippen LogP contribution in [0.3, 0.4) is 0 Å². The van der Waals surface area contributed by atoms with Crippen molar-refractivity contribution in [3.05, 3.63) is 29.8 Å². The number of nitrogens with one attached hydrogen (secondary N) is 3. The molecule has 0 aliphatic heterocycles. The zero-order valence-corrected chi connectivity index (χ0v) is 15.3. The fourth-order valence-corrected chi connectivity index (χ4v) is 2.16. The molecule has 0 aliphatic carbocycles. The van der Waals surface area contributed by atoms with E-state index in [4.69, 9.17) is 47.0 Å². The van der Waals surface area contributed by atoms with E-state index in [-0.39, 0.29) is 11.0 Å². The number of halogens is 3. The molecule has 0 unspecified atom stereocenters. The molecule has 3 N–H and O–H groups in total. The van der Waals surface area contributed by atoms with Gasteiger partial charge in [-0.1, -0.05) is 59.4 Å². The Bertz CT molecular complexity index is 517. The first-order chi connectivity index (χ1) is 10.2. The van der Waals surface area contributed by atoms with Gasteiger partial charge in [-0.15, -0.1) is 0 Å². The molecule has 0 radical (unpaired) electrons. The number of carbonyl (C=O) groups is 1. The van der Waals surface area contributed by atoms with Crippen LogP contribution in [0, 0.1) is 6.92 Å². The summed E-state index contributed by atoms with van der Waals surface area (Å²) >= 11 is 22.8. The van der Waals surface area contributed by atoms with Crippen LogP contribution in [0.2, 0.25) is 0 Å². The number of anilines is 1. The Balaban J connectivity index is 2.66. The summed E-state index contributed by atoms with van der Waals surface area (Å²) in [4.78, 5) is 11.7. The van der Waals surface area contributed by atoms with Gasteiger partial charge in [-0.2, -0.15) is 0 Å². The van der Waals surface area contributed by atoms with Gasteiger partial charge in [0.1, 0.15) is 6.17 Å². The van der Waals surface area contributed by atoms with E-state index in [9.17, 15) is 4.79 Å². The molecule has 8 heteroatoms. The van der Waals surface area contributed by atoms with Gasteiger partial charge < -0.3 is 16.0 Å². The van der Waals surface area contributed by atoms with Gasteiger partial charge in [-0.25, -0.2) is 0 Å². The first kappa shape index (κ1) is 19.3. The Labute approximate surface area is 150 Å². The van der Waals surface area contributed by atoms with E-state index in [1.54, 1.807) is 0 Å². The third kappa shape index (κ3) is 7.01. The van der Waals surface area contributed by atoms with E-state index < -0.39 is 9.96 Å². The van der Waals surface area contributed by atoms with Gasteiger partial charge in [0.05, 0.1) is 0 Å². The highest BCUT2D eigenvalue weighted by molar-refractivity contribution is 7.80. The Kier molecular flexibility index (Phi) is 7.69. The van der Waals surface area contributed by atoms with Crippen molar-refractivity contribution in [2.24, 2.45) is 0 Å². The highest BCUT2D eigenvalue weighted by Gasteiger charge is 2.34. The number of thiocarbonyl (C=S) groups is 1. The van der Waals surface area contributed by atoms with Crippen LogP contribution in [0.25, 0.3) is 0 Å². The number of aryl methyl sites for hydroxylation is 1. The molecule has 0 heterocycles. The summed E-state index contributed by atoms with van der Waals surface area (Å²) in [6.45, 7) is 3.88. The minimum atomic E-state index is -1.73. The minimum absolute atomic E-state index is 0.218. The zero-order valence-electron chi connectivity index (χ0n) is 12.3. The molecule has 0 aliphatic rings. The average molecular weight is 383 g/mol. The van der Waals surface area contributed by atoms with Crippen LogP contribution in [-0.4, -0.2) is 21.0 Å². The maximum atomic E-state index is 11.7. The number of alkyl halides is 3. The summed E-state index contributed by atoms with van der Waals surface area (Å²) in [7, 11) is 0. The van der Waals surface area contributed by atoms with Gasteiger partial charge in [0, 0.05) is 12.1 Å². The van der Waals surface area contributed by atoms with Gasteiger partial charge in [0.25, 0.3) is 0 Å². The van der Waals surface area contributed by atoms with E-state index in [1.807, 2.05) is 38.1 Å². The Morgan fingerprint density at radius 1 is 1.23 bits per heavy atom. The Morgan fingerprint density at radius 3 is 2.32 bits per heavy atom. The Hall–Kier alpha value is -0.750. The number of carbonyl (C=O) groups excluding carboxylic acids is 1. The first-order valence-corrected chi connectivity index (χ1v) is 8.27. The predicted octanol–water partition coefficient (Wildman–Crippen LogP) is 3.89. The fourth-order valence-electron chi connectivity index (χ4n) is 1.60. The highest BCUT2D eigenvalue weighted by atomic mass is 35.6. The summed E-state index contributed by atoms with van der Waals surface area (Å²) in [6, 6.07) is 7.65. The fraction of sp³-hybridized carbons (Fsp3) is 0.429. The molecule has 0 aromatic heterocycles. The molecular weight excluding hydrogens is 365 g/mol. The molecule has 0 bridgehead atoms. The normalized spacial score (nSPS) is 12.4. The van der Waals surface area contributed by atoms with Crippen LogP contribution in [0.5, 0.6) is 0 Å². The number of hydrogen-bond donors (Lipinski definition) is 3. The molecule has 122 valence electrons. The maximum Gasteiger partial charge on any atom is 0.228 e. The van der Waals surface area contributed by atoms with Gasteiger partial charge >= 0.3 is 0 Å². The lowest BCUT2D eigenvalue weighted by Crippen LogP contribution is -2.56. The van der Waals surface area contributed by atoms with E-state index in [1.165, 1.54) is 0 Å². The first-order valence-electron chi connectivity index (χ1n) is 6.72. The molecule has 1 aromatic rings. The van der Waals surface area contributed by atoms with Crippen LogP contribution in [0.1, 0.15) is 25.3 Å². The lowest BCUT2D eigenvalue weighted by atomic mass is 10.2. The molecule has 22 heavy (non-hydrogen) atoms. The lowest BCUT2D eigenvalue weighted by Gasteiger charge is -2.27. The van der Waals surface area contributed by atoms with Crippen molar-refractivity contribution >= 4 is 63.7 Å². The second-order valence-corrected chi connectivity index (χ2v) is 7.53. The topological polar surface area (TPSA) is 53.2 Å². The van der Waals surface area contributed by atoms with E-state index in [2.05, 4.69) is 16.0 Å². The molecule has 4 nitrogen and oxygen atoms in total. The van der Waals surface area contributed by atoms with Crippen LogP contribution in [0.15, 0.2) is 24.3 Å². The zero-order chi connectivity index (χ0) is 16.8. The largest absolute Gasteiger partial charge is 0.339 e. The van der Waals surface area contributed by atoms with E-state index in [0.29, 0.717) is 12.8 Å². The molecule has 0 fully saturated rings. The van der Waals surface area contributed by atoms with E-state index in [0.717, 1.165) is 11.3 Å². The molecule has 1 rings (SSSR count). The predicted molar refractivity (Wildman–Crippen MR) is 97.7 cm³/mol. The summed E-state index contributed by atoms with van der Waals surface area (Å²) < 4.78 is -1.73. The quantitative estimate of drug-likeness (QED) is 0.411. The van der Waals surface area contributed by atoms with Crippen molar-refractivity contribution in [3.63, 3.8) is 0 Å². The summed E-state index contributed by atoms with van der Waals surface area (Å²) in [5.41, 5.74) is 1.93. The van der Waals surface area contributed by atoms with Crippen LogP contribution in [-0.2, 0) is 4.79 Å². The third-order valence-corrected chi connectivity index (χ3v) is 3.57. The number of rotatable bonds is 5. The molecular formula is C14H18Cl3N3OS. The monoisotopic (exact) mass is 381 g/mol. The SMILES string of the molecule is CCCC(=O)N[C@@H](NC(=S)Nc1ccc(C)cc1)C(Cl)(Cl)Cl. The molecule has 0 spiro atoms. The number of benzene rings is 1. The summed E-state index contributed by atoms with van der Waals surface area (Å²) in [5.74, 6) is -0.218. The maximum absolute atomic E-state index is 11.7. The van der Waals surface area contributed by atoms with Crippen LogP contribution >= 0.6 is 47.0 Å². The van der Waals surface area contributed by atoms with Crippen molar-refractivity contribution < 1.29 is 4.79 Å². The van der Waals surface area contributed by atoms with Crippen molar-refractivity contribution in [2.45, 2.75) is 36.6 Å². The van der Waals surface area contributed by atoms with Crippen LogP contribution in [0.4, 0.5) is 5.69 Å². The summed E-state index contributed by atoms with van der Waals surface area (Å²) in [5, 5.41) is 8.63. The summed E-state index contributed by atoms with van der Waals surface area (Å²) in [6.07, 6.45) is 0.115. The highest BCUT2D eigenvalue weighted by Crippen LogP contribution is 2.29. The van der Waals surface area contributed by atoms with Gasteiger partial charge in [-0.05, 0) is 37.7 Å². The van der Waals surface area contributed by atoms with Crippen molar-refractivity contribution in [2.75, 3.05) is 5.32 Å². The van der Waals surface area contributed by atoms with Gasteiger partial charge in [-0.3, -0.25) is 4.79 Å². The van der Waals surface area contributed by atoms with Gasteiger partial charge in [0.2, 0.25) is 9.70 Å². The standard InChI is InChI=1S/C14H18Cl3N3OS/c1-3-4-11(21)19-12(14(15,16)17)20-13(22)18-10-7-5-9(2)6-8-10/h5-8,12H,3-4H2,1-2H3,(H,19,21)(H2,18,20,22)/t12-/m0/s1. The number of hydrogen-bond acceptors (Lipinski definition) is 2. The molecule has 1 amide bonds. The molecule has 1 aromatic carbocycles. The van der Waals surface area contributed by atoms with E-state index >= 15 is 0 Å². The molecule has 0 saturated heterocycles. The number of amides is 1. The Morgan fingerprint density at radius 2 is 1.82 bits per heavy atom. The average Bonchev–Trinajstić information content (AvgIpc) is 2.40.